The van der Waals surface area contributed by atoms with Gasteiger partial charge >= 0.3 is 0 Å². The van der Waals surface area contributed by atoms with Gasteiger partial charge in [0.2, 0.25) is 5.89 Å². The van der Waals surface area contributed by atoms with Gasteiger partial charge in [0.15, 0.2) is 5.58 Å². The number of oxazole rings is 1. The Morgan fingerprint density at radius 1 is 1.10 bits per heavy atom. The zero-order chi connectivity index (χ0) is 14.3. The van der Waals surface area contributed by atoms with Gasteiger partial charge in [-0.2, -0.15) is 0 Å². The first kappa shape index (κ1) is 13.4. The molecule has 0 bridgehead atoms. The molecule has 0 spiro atoms. The smallest absolute Gasteiger partial charge is 0.252 e. The number of aromatic nitrogens is 1. The molecule has 0 atom stereocenters. The number of halogens is 3. The van der Waals surface area contributed by atoms with E-state index in [1.807, 2.05) is 0 Å². The van der Waals surface area contributed by atoms with E-state index in [9.17, 15) is 4.79 Å². The quantitative estimate of drug-likeness (QED) is 0.609. The van der Waals surface area contributed by atoms with Gasteiger partial charge in [0.1, 0.15) is 5.52 Å². The molecule has 0 radical (unpaired) electrons. The second kappa shape index (κ2) is 5.09. The summed E-state index contributed by atoms with van der Waals surface area (Å²) in [5.74, 6) is 0.340. The molecule has 0 N–H and O–H groups in total. The second-order valence-corrected chi connectivity index (χ2v) is 5.29. The van der Waals surface area contributed by atoms with Crippen molar-refractivity contribution in [3.05, 3.63) is 52.0 Å². The van der Waals surface area contributed by atoms with E-state index in [1.54, 1.807) is 36.4 Å². The van der Waals surface area contributed by atoms with Crippen LogP contribution >= 0.6 is 34.8 Å². The van der Waals surface area contributed by atoms with E-state index >= 15 is 0 Å². The van der Waals surface area contributed by atoms with E-state index in [2.05, 4.69) is 4.98 Å². The fourth-order valence-electron chi connectivity index (χ4n) is 1.83. The molecule has 100 valence electrons. The lowest BCUT2D eigenvalue weighted by molar-refractivity contribution is 0.108. The predicted molar refractivity (Wildman–Crippen MR) is 79.6 cm³/mol. The zero-order valence-corrected chi connectivity index (χ0v) is 12.1. The first-order chi connectivity index (χ1) is 9.54. The van der Waals surface area contributed by atoms with E-state index < -0.39 is 5.24 Å². The monoisotopic (exact) mass is 325 g/mol. The Balaban J connectivity index is 2.17. The summed E-state index contributed by atoms with van der Waals surface area (Å²) in [6.45, 7) is 0. The molecule has 0 fully saturated rings. The van der Waals surface area contributed by atoms with E-state index in [0.29, 0.717) is 38.2 Å². The standard InChI is InChI=1S/C14H6Cl3NO2/c15-8-2-3-10(16)9(6-8)14-18-11-5-7(13(17)19)1-4-12(11)20-14/h1-6H. The van der Waals surface area contributed by atoms with Gasteiger partial charge in [0.25, 0.3) is 5.24 Å². The van der Waals surface area contributed by atoms with Crippen LogP contribution in [0.25, 0.3) is 22.6 Å². The third-order valence-electron chi connectivity index (χ3n) is 2.77. The van der Waals surface area contributed by atoms with Crippen molar-refractivity contribution in [3.8, 4) is 11.5 Å². The molecule has 2 aromatic carbocycles. The molecule has 0 saturated carbocycles. The summed E-state index contributed by atoms with van der Waals surface area (Å²) >= 11 is 17.5. The van der Waals surface area contributed by atoms with Crippen molar-refractivity contribution in [2.45, 2.75) is 0 Å². The molecule has 0 saturated heterocycles. The molecule has 3 aromatic rings. The molecular weight excluding hydrogens is 321 g/mol. The van der Waals surface area contributed by atoms with Gasteiger partial charge in [-0.3, -0.25) is 4.79 Å². The zero-order valence-electron chi connectivity index (χ0n) is 9.86. The summed E-state index contributed by atoms with van der Waals surface area (Å²) in [5.41, 5.74) is 2.02. The third kappa shape index (κ3) is 2.40. The third-order valence-corrected chi connectivity index (χ3v) is 3.56. The first-order valence-electron chi connectivity index (χ1n) is 5.60. The van der Waals surface area contributed by atoms with Gasteiger partial charge in [-0.25, -0.2) is 4.98 Å². The van der Waals surface area contributed by atoms with Crippen LogP contribution in [0.1, 0.15) is 10.4 Å². The summed E-state index contributed by atoms with van der Waals surface area (Å²) in [6, 6.07) is 9.80. The lowest BCUT2D eigenvalue weighted by Crippen LogP contribution is -1.87. The molecule has 0 aliphatic heterocycles. The van der Waals surface area contributed by atoms with Crippen LogP contribution in [0.2, 0.25) is 10.0 Å². The predicted octanol–water partition coefficient (Wildman–Crippen LogP) is 5.18. The lowest BCUT2D eigenvalue weighted by Gasteiger charge is -1.99. The number of hydrogen-bond donors (Lipinski definition) is 0. The van der Waals surface area contributed by atoms with Gasteiger partial charge < -0.3 is 4.42 Å². The van der Waals surface area contributed by atoms with Crippen molar-refractivity contribution in [1.82, 2.24) is 4.98 Å². The van der Waals surface area contributed by atoms with Crippen molar-refractivity contribution in [1.29, 1.82) is 0 Å². The average molecular weight is 327 g/mol. The molecule has 3 rings (SSSR count). The molecule has 3 nitrogen and oxygen atoms in total. The van der Waals surface area contributed by atoms with Gasteiger partial charge in [0, 0.05) is 10.6 Å². The van der Waals surface area contributed by atoms with E-state index in [1.165, 1.54) is 0 Å². The SMILES string of the molecule is O=C(Cl)c1ccc2oc(-c3cc(Cl)ccc3Cl)nc2c1. The Labute approximate surface area is 129 Å². The van der Waals surface area contributed by atoms with Gasteiger partial charge in [-0.1, -0.05) is 23.2 Å². The Kier molecular flexibility index (Phi) is 3.42. The largest absolute Gasteiger partial charge is 0.436 e. The highest BCUT2D eigenvalue weighted by atomic mass is 35.5. The van der Waals surface area contributed by atoms with Crippen LogP contribution in [0.5, 0.6) is 0 Å². The van der Waals surface area contributed by atoms with Crippen molar-refractivity contribution < 1.29 is 9.21 Å². The normalized spacial score (nSPS) is 10.9. The number of carbonyl (C=O) groups is 1. The highest BCUT2D eigenvalue weighted by Crippen LogP contribution is 2.32. The average Bonchev–Trinajstić information content (AvgIpc) is 2.83. The summed E-state index contributed by atoms with van der Waals surface area (Å²) in [4.78, 5) is 15.4. The molecule has 0 amide bonds. The molecule has 0 aliphatic rings. The number of hydrogen-bond acceptors (Lipinski definition) is 3. The molecule has 0 unspecified atom stereocenters. The first-order valence-corrected chi connectivity index (χ1v) is 6.74. The Morgan fingerprint density at radius 2 is 1.90 bits per heavy atom. The maximum atomic E-state index is 11.1. The van der Waals surface area contributed by atoms with E-state index in [-0.39, 0.29) is 0 Å². The van der Waals surface area contributed by atoms with Crippen molar-refractivity contribution in [3.63, 3.8) is 0 Å². The maximum absolute atomic E-state index is 11.1. The van der Waals surface area contributed by atoms with Gasteiger partial charge in [-0.15, -0.1) is 0 Å². The number of fused-ring (bicyclic) bond motifs is 1. The summed E-state index contributed by atoms with van der Waals surface area (Å²) in [7, 11) is 0. The van der Waals surface area contributed by atoms with Crippen LogP contribution in [-0.2, 0) is 0 Å². The fourth-order valence-corrected chi connectivity index (χ4v) is 2.31. The number of nitrogens with zero attached hydrogens (tertiary/aromatic N) is 1. The van der Waals surface area contributed by atoms with Crippen LogP contribution < -0.4 is 0 Å². The molecular formula is C14H6Cl3NO2. The van der Waals surface area contributed by atoms with Crippen LogP contribution in [0.3, 0.4) is 0 Å². The van der Waals surface area contributed by atoms with Crippen LogP contribution in [0, 0.1) is 0 Å². The maximum Gasteiger partial charge on any atom is 0.252 e. The van der Waals surface area contributed by atoms with Gasteiger partial charge in [-0.05, 0) is 48.0 Å². The van der Waals surface area contributed by atoms with Crippen LogP contribution in [0.4, 0.5) is 0 Å². The Bertz CT molecular complexity index is 826. The highest BCUT2D eigenvalue weighted by molar-refractivity contribution is 6.67. The number of benzene rings is 2. The minimum Gasteiger partial charge on any atom is -0.436 e. The van der Waals surface area contributed by atoms with Crippen molar-refractivity contribution in [2.24, 2.45) is 0 Å². The highest BCUT2D eigenvalue weighted by Gasteiger charge is 2.13. The minimum atomic E-state index is -0.544. The van der Waals surface area contributed by atoms with Crippen LogP contribution in [0.15, 0.2) is 40.8 Å². The lowest BCUT2D eigenvalue weighted by atomic mass is 10.2. The minimum absolute atomic E-state index is 0.340. The molecule has 6 heteroatoms. The topological polar surface area (TPSA) is 43.1 Å². The number of carbonyl (C=O) groups excluding carboxylic acids is 1. The van der Waals surface area contributed by atoms with Crippen LogP contribution in [-0.4, -0.2) is 10.2 Å². The summed E-state index contributed by atoms with van der Waals surface area (Å²) in [6.07, 6.45) is 0. The van der Waals surface area contributed by atoms with E-state index in [0.717, 1.165) is 0 Å². The van der Waals surface area contributed by atoms with Crippen molar-refractivity contribution in [2.75, 3.05) is 0 Å². The van der Waals surface area contributed by atoms with Gasteiger partial charge in [0.05, 0.1) is 10.6 Å². The summed E-state index contributed by atoms with van der Waals surface area (Å²) in [5, 5.41) is 0.468. The van der Waals surface area contributed by atoms with E-state index in [4.69, 9.17) is 39.2 Å². The molecule has 1 heterocycles. The van der Waals surface area contributed by atoms with Crippen molar-refractivity contribution >= 4 is 51.1 Å². The second-order valence-electron chi connectivity index (χ2n) is 4.10. The molecule has 0 aliphatic carbocycles. The fraction of sp³-hybridized carbons (Fsp3) is 0. The Morgan fingerprint density at radius 3 is 2.65 bits per heavy atom. The Hall–Kier alpha value is -1.55. The molecule has 1 aromatic heterocycles. The number of rotatable bonds is 2. The summed E-state index contributed by atoms with van der Waals surface area (Å²) < 4.78 is 5.62. The molecule has 20 heavy (non-hydrogen) atoms.